The number of nitrogens with one attached hydrogen (secondary N) is 2. The largest absolute Gasteiger partial charge is 0.474 e. The number of para-hydroxylation sites is 2. The molecule has 0 aliphatic carbocycles. The van der Waals surface area contributed by atoms with Gasteiger partial charge in [0.25, 0.3) is 11.8 Å². The maximum atomic E-state index is 12.3. The van der Waals surface area contributed by atoms with Gasteiger partial charge in [-0.05, 0) is 43.7 Å². The van der Waals surface area contributed by atoms with Crippen LogP contribution in [0.5, 0.6) is 5.75 Å². The summed E-state index contributed by atoms with van der Waals surface area (Å²) >= 11 is 0. The Balaban J connectivity index is 1.98. The molecule has 0 aliphatic rings. The summed E-state index contributed by atoms with van der Waals surface area (Å²) in [7, 11) is 0. The molecule has 1 atom stereocenters. The standard InChI is InChI=1S/C19H21N3O5/c1-3-12-20-19(24)14-8-10-15(11-9-14)21-18(23)13(2)27-17-7-5-4-6-16(17)22(25)26/h4-11,13H,3,12H2,1-2H3,(H,20,24)(H,21,23). The number of amides is 2. The van der Waals surface area contributed by atoms with Crippen LogP contribution in [0.2, 0.25) is 0 Å². The molecule has 8 nitrogen and oxygen atoms in total. The topological polar surface area (TPSA) is 111 Å². The summed E-state index contributed by atoms with van der Waals surface area (Å²) in [5.41, 5.74) is 0.773. The van der Waals surface area contributed by atoms with Crippen LogP contribution in [0.15, 0.2) is 48.5 Å². The summed E-state index contributed by atoms with van der Waals surface area (Å²) in [6.07, 6.45) is -0.101. The number of carbonyl (C=O) groups excluding carboxylic acids is 2. The lowest BCUT2D eigenvalue weighted by Crippen LogP contribution is -2.30. The van der Waals surface area contributed by atoms with Gasteiger partial charge in [-0.1, -0.05) is 19.1 Å². The van der Waals surface area contributed by atoms with Gasteiger partial charge in [-0.25, -0.2) is 0 Å². The van der Waals surface area contributed by atoms with Crippen molar-refractivity contribution in [3.8, 4) is 5.75 Å². The summed E-state index contributed by atoms with van der Waals surface area (Å²) in [6, 6.07) is 12.3. The smallest absolute Gasteiger partial charge is 0.310 e. The van der Waals surface area contributed by atoms with Crippen molar-refractivity contribution < 1.29 is 19.2 Å². The van der Waals surface area contributed by atoms with Gasteiger partial charge in [-0.2, -0.15) is 0 Å². The van der Waals surface area contributed by atoms with Crippen molar-refractivity contribution in [3.05, 3.63) is 64.2 Å². The Labute approximate surface area is 156 Å². The fraction of sp³-hybridized carbons (Fsp3) is 0.263. The minimum Gasteiger partial charge on any atom is -0.474 e. The lowest BCUT2D eigenvalue weighted by Gasteiger charge is -2.15. The molecule has 0 heterocycles. The van der Waals surface area contributed by atoms with Gasteiger partial charge in [-0.15, -0.1) is 0 Å². The first kappa shape index (κ1) is 19.9. The van der Waals surface area contributed by atoms with E-state index in [1.807, 2.05) is 6.92 Å². The minimum absolute atomic E-state index is 0.0214. The summed E-state index contributed by atoms with van der Waals surface area (Å²) in [5.74, 6) is -0.618. The average Bonchev–Trinajstić information content (AvgIpc) is 2.66. The quantitative estimate of drug-likeness (QED) is 0.547. The fourth-order valence-electron chi connectivity index (χ4n) is 2.24. The van der Waals surface area contributed by atoms with Gasteiger partial charge in [0, 0.05) is 23.9 Å². The molecule has 8 heteroatoms. The summed E-state index contributed by atoms with van der Waals surface area (Å²) in [6.45, 7) is 4.06. The number of ether oxygens (including phenoxy) is 1. The van der Waals surface area contributed by atoms with Gasteiger partial charge >= 0.3 is 5.69 Å². The van der Waals surface area contributed by atoms with E-state index in [0.717, 1.165) is 6.42 Å². The molecule has 0 radical (unpaired) electrons. The first-order valence-electron chi connectivity index (χ1n) is 8.51. The van der Waals surface area contributed by atoms with Gasteiger partial charge in [0.15, 0.2) is 11.9 Å². The van der Waals surface area contributed by atoms with Crippen LogP contribution in [-0.4, -0.2) is 29.4 Å². The molecule has 0 aliphatic heterocycles. The molecular formula is C19H21N3O5. The van der Waals surface area contributed by atoms with Crippen molar-refractivity contribution in [2.24, 2.45) is 0 Å². The second-order valence-electron chi connectivity index (χ2n) is 5.81. The van der Waals surface area contributed by atoms with E-state index < -0.39 is 16.9 Å². The Hall–Kier alpha value is -3.42. The van der Waals surface area contributed by atoms with E-state index in [9.17, 15) is 19.7 Å². The second kappa shape index (κ2) is 9.33. The lowest BCUT2D eigenvalue weighted by atomic mass is 10.2. The van der Waals surface area contributed by atoms with Crippen molar-refractivity contribution in [2.45, 2.75) is 26.4 Å². The molecule has 2 rings (SSSR count). The first-order chi connectivity index (χ1) is 12.9. The molecule has 2 aromatic rings. The molecule has 2 aromatic carbocycles. The van der Waals surface area contributed by atoms with Crippen molar-refractivity contribution in [2.75, 3.05) is 11.9 Å². The third-order valence-corrected chi connectivity index (χ3v) is 3.69. The number of anilines is 1. The number of hydrogen-bond acceptors (Lipinski definition) is 5. The number of nitrogens with zero attached hydrogens (tertiary/aromatic N) is 1. The van der Waals surface area contributed by atoms with Crippen LogP contribution in [0.3, 0.4) is 0 Å². The first-order valence-corrected chi connectivity index (χ1v) is 8.51. The highest BCUT2D eigenvalue weighted by molar-refractivity contribution is 5.96. The van der Waals surface area contributed by atoms with E-state index in [2.05, 4.69) is 10.6 Å². The monoisotopic (exact) mass is 371 g/mol. The molecule has 0 spiro atoms. The minimum atomic E-state index is -0.946. The SMILES string of the molecule is CCCNC(=O)c1ccc(NC(=O)C(C)Oc2ccccc2[N+](=O)[O-])cc1. The predicted molar refractivity (Wildman–Crippen MR) is 101 cm³/mol. The molecule has 0 saturated heterocycles. The molecule has 142 valence electrons. The van der Waals surface area contributed by atoms with Crippen LogP contribution < -0.4 is 15.4 Å². The Morgan fingerprint density at radius 2 is 1.81 bits per heavy atom. The van der Waals surface area contributed by atoms with E-state index in [1.54, 1.807) is 30.3 Å². The Kier molecular flexibility index (Phi) is 6.87. The number of hydrogen-bond donors (Lipinski definition) is 2. The Morgan fingerprint density at radius 3 is 2.44 bits per heavy atom. The molecule has 2 amide bonds. The molecule has 2 N–H and O–H groups in total. The zero-order chi connectivity index (χ0) is 19.8. The van der Waals surface area contributed by atoms with E-state index in [1.165, 1.54) is 25.1 Å². The zero-order valence-corrected chi connectivity index (χ0v) is 15.1. The van der Waals surface area contributed by atoms with Crippen molar-refractivity contribution in [1.82, 2.24) is 5.32 Å². The van der Waals surface area contributed by atoms with Crippen LogP contribution in [0, 0.1) is 10.1 Å². The summed E-state index contributed by atoms with van der Waals surface area (Å²) in [5, 5.41) is 16.4. The van der Waals surface area contributed by atoms with Crippen molar-refractivity contribution in [3.63, 3.8) is 0 Å². The van der Waals surface area contributed by atoms with Gasteiger partial charge in [0.2, 0.25) is 0 Å². The van der Waals surface area contributed by atoms with Gasteiger partial charge in [0.05, 0.1) is 4.92 Å². The predicted octanol–water partition coefficient (Wildman–Crippen LogP) is 3.14. The highest BCUT2D eigenvalue weighted by Crippen LogP contribution is 2.27. The number of carbonyl (C=O) groups is 2. The molecule has 0 aromatic heterocycles. The van der Waals surface area contributed by atoms with Crippen molar-refractivity contribution >= 4 is 23.2 Å². The fourth-order valence-corrected chi connectivity index (χ4v) is 2.24. The molecule has 0 fully saturated rings. The van der Waals surface area contributed by atoms with Crippen molar-refractivity contribution in [1.29, 1.82) is 0 Å². The molecular weight excluding hydrogens is 350 g/mol. The van der Waals surface area contributed by atoms with E-state index >= 15 is 0 Å². The zero-order valence-electron chi connectivity index (χ0n) is 15.1. The summed E-state index contributed by atoms with van der Waals surface area (Å²) < 4.78 is 5.43. The van der Waals surface area contributed by atoms with Crippen LogP contribution in [0.1, 0.15) is 30.6 Å². The number of benzene rings is 2. The normalized spacial score (nSPS) is 11.3. The van der Waals surface area contributed by atoms with Crippen LogP contribution >= 0.6 is 0 Å². The van der Waals surface area contributed by atoms with Crippen LogP contribution in [0.25, 0.3) is 0 Å². The molecule has 27 heavy (non-hydrogen) atoms. The maximum absolute atomic E-state index is 12.3. The summed E-state index contributed by atoms with van der Waals surface area (Å²) in [4.78, 5) is 34.6. The van der Waals surface area contributed by atoms with E-state index in [4.69, 9.17) is 4.74 Å². The van der Waals surface area contributed by atoms with Crippen LogP contribution in [-0.2, 0) is 4.79 Å². The lowest BCUT2D eigenvalue weighted by molar-refractivity contribution is -0.386. The van der Waals surface area contributed by atoms with Gasteiger partial charge in [0.1, 0.15) is 0 Å². The number of nitro groups is 1. The number of rotatable bonds is 8. The highest BCUT2D eigenvalue weighted by atomic mass is 16.6. The van der Waals surface area contributed by atoms with Gasteiger partial charge in [-0.3, -0.25) is 19.7 Å². The van der Waals surface area contributed by atoms with E-state index in [0.29, 0.717) is 17.8 Å². The third-order valence-electron chi connectivity index (χ3n) is 3.69. The molecule has 0 bridgehead atoms. The molecule has 0 saturated carbocycles. The second-order valence-corrected chi connectivity index (χ2v) is 5.81. The van der Waals surface area contributed by atoms with E-state index in [-0.39, 0.29) is 17.3 Å². The highest BCUT2D eigenvalue weighted by Gasteiger charge is 2.20. The Morgan fingerprint density at radius 1 is 1.15 bits per heavy atom. The number of nitro benzene ring substituents is 1. The van der Waals surface area contributed by atoms with Crippen LogP contribution in [0.4, 0.5) is 11.4 Å². The molecule has 1 unspecified atom stereocenters. The third kappa shape index (κ3) is 5.53. The maximum Gasteiger partial charge on any atom is 0.310 e. The van der Waals surface area contributed by atoms with Gasteiger partial charge < -0.3 is 15.4 Å². The Bertz CT molecular complexity index is 820. The average molecular weight is 371 g/mol.